The van der Waals surface area contributed by atoms with E-state index in [2.05, 4.69) is 5.32 Å². The first kappa shape index (κ1) is 22.3. The van der Waals surface area contributed by atoms with Gasteiger partial charge in [0.25, 0.3) is 0 Å². The first-order valence-corrected chi connectivity index (χ1v) is 12.2. The van der Waals surface area contributed by atoms with Gasteiger partial charge in [0.05, 0.1) is 9.79 Å². The van der Waals surface area contributed by atoms with Crippen molar-refractivity contribution in [2.75, 3.05) is 13.1 Å². The molecule has 1 saturated heterocycles. The summed E-state index contributed by atoms with van der Waals surface area (Å²) in [5.41, 5.74) is 0.796. The number of rotatable bonds is 7. The molecule has 0 aliphatic carbocycles. The minimum Gasteiger partial charge on any atom is -0.354 e. The van der Waals surface area contributed by atoms with Crippen LogP contribution in [0, 0.1) is 5.82 Å². The van der Waals surface area contributed by atoms with Gasteiger partial charge in [0.15, 0.2) is 0 Å². The number of nitrogens with zero attached hydrogens (tertiary/aromatic N) is 1. The average molecular weight is 456 g/mol. The van der Waals surface area contributed by atoms with E-state index in [1.807, 2.05) is 0 Å². The topological polar surface area (TPSA) is 127 Å². The molecule has 0 bridgehead atoms. The Morgan fingerprint density at radius 3 is 2.23 bits per heavy atom. The second kappa shape index (κ2) is 8.80. The van der Waals surface area contributed by atoms with Crippen molar-refractivity contribution in [3.8, 4) is 0 Å². The highest BCUT2D eigenvalue weighted by atomic mass is 32.2. The van der Waals surface area contributed by atoms with Gasteiger partial charge >= 0.3 is 0 Å². The van der Waals surface area contributed by atoms with E-state index in [0.29, 0.717) is 19.3 Å². The van der Waals surface area contributed by atoms with E-state index in [-0.39, 0.29) is 22.9 Å². The molecular weight excluding hydrogens is 433 g/mol. The summed E-state index contributed by atoms with van der Waals surface area (Å²) in [6.07, 6.45) is 1.39. The number of sulfonamides is 2. The van der Waals surface area contributed by atoms with Crippen LogP contribution >= 0.6 is 0 Å². The van der Waals surface area contributed by atoms with E-state index in [0.717, 1.165) is 22.0 Å². The molecule has 8 nitrogen and oxygen atoms in total. The van der Waals surface area contributed by atoms with Gasteiger partial charge in [-0.05, 0) is 61.2 Å². The molecule has 1 atom stereocenters. The van der Waals surface area contributed by atoms with Crippen LogP contribution in [0.2, 0.25) is 0 Å². The SMILES string of the molecule is NS(=O)(=O)c1ccc(CCNC(=O)C2CCCN2S(=O)(=O)c2ccc(F)cc2)cc1. The van der Waals surface area contributed by atoms with Crippen LogP contribution in [0.15, 0.2) is 58.3 Å². The molecule has 0 aromatic heterocycles. The molecule has 1 fully saturated rings. The molecule has 0 spiro atoms. The molecule has 1 amide bonds. The molecule has 30 heavy (non-hydrogen) atoms. The summed E-state index contributed by atoms with van der Waals surface area (Å²) in [7, 11) is -7.67. The maximum absolute atomic E-state index is 13.1. The van der Waals surface area contributed by atoms with Crippen molar-refractivity contribution in [2.24, 2.45) is 5.14 Å². The maximum Gasteiger partial charge on any atom is 0.243 e. The fourth-order valence-corrected chi connectivity index (χ4v) is 5.50. The first-order chi connectivity index (χ1) is 14.1. The zero-order chi connectivity index (χ0) is 21.9. The van der Waals surface area contributed by atoms with Gasteiger partial charge in [0.1, 0.15) is 11.9 Å². The molecule has 1 heterocycles. The zero-order valence-corrected chi connectivity index (χ0v) is 17.6. The number of benzene rings is 2. The number of carbonyl (C=O) groups is 1. The second-order valence-electron chi connectivity index (χ2n) is 6.96. The third-order valence-electron chi connectivity index (χ3n) is 4.89. The quantitative estimate of drug-likeness (QED) is 0.644. The minimum absolute atomic E-state index is 0.00267. The number of primary sulfonamides is 1. The van der Waals surface area contributed by atoms with Crippen LogP contribution in [-0.4, -0.2) is 46.2 Å². The molecule has 0 radical (unpaired) electrons. The Morgan fingerprint density at radius 2 is 1.63 bits per heavy atom. The smallest absolute Gasteiger partial charge is 0.243 e. The number of hydrogen-bond donors (Lipinski definition) is 2. The Morgan fingerprint density at radius 1 is 1.03 bits per heavy atom. The van der Waals surface area contributed by atoms with E-state index >= 15 is 0 Å². The third kappa shape index (κ3) is 5.04. The minimum atomic E-state index is -3.91. The van der Waals surface area contributed by atoms with E-state index in [4.69, 9.17) is 5.14 Å². The number of nitrogens with one attached hydrogen (secondary N) is 1. The lowest BCUT2D eigenvalue weighted by molar-refractivity contribution is -0.124. The molecule has 162 valence electrons. The maximum atomic E-state index is 13.1. The summed E-state index contributed by atoms with van der Waals surface area (Å²) >= 11 is 0. The van der Waals surface area contributed by atoms with Gasteiger partial charge in [0, 0.05) is 13.1 Å². The Balaban J connectivity index is 1.61. The van der Waals surface area contributed by atoms with Crippen molar-refractivity contribution in [3.63, 3.8) is 0 Å². The molecule has 1 aliphatic heterocycles. The monoisotopic (exact) mass is 455 g/mol. The second-order valence-corrected chi connectivity index (χ2v) is 10.4. The van der Waals surface area contributed by atoms with E-state index in [1.54, 1.807) is 12.1 Å². The highest BCUT2D eigenvalue weighted by Crippen LogP contribution is 2.26. The molecule has 11 heteroatoms. The summed E-state index contributed by atoms with van der Waals surface area (Å²) in [6, 6.07) is 9.66. The standard InChI is InChI=1S/C19H22FN3O5S2/c20-15-5-9-17(10-6-15)30(27,28)23-13-1-2-18(23)19(24)22-12-11-14-3-7-16(8-4-14)29(21,25)26/h3-10,18H,1-2,11-13H2,(H,22,24)(H2,21,25,26). The van der Waals surface area contributed by atoms with Crippen molar-refractivity contribution in [3.05, 3.63) is 59.9 Å². The number of halogens is 1. The normalized spacial score (nSPS) is 17.7. The predicted molar refractivity (Wildman–Crippen MR) is 108 cm³/mol. The van der Waals surface area contributed by atoms with Crippen molar-refractivity contribution < 1.29 is 26.0 Å². The Kier molecular flexibility index (Phi) is 6.56. The van der Waals surface area contributed by atoms with Gasteiger partial charge in [-0.3, -0.25) is 4.79 Å². The van der Waals surface area contributed by atoms with Crippen molar-refractivity contribution in [2.45, 2.75) is 35.1 Å². The van der Waals surface area contributed by atoms with Crippen molar-refractivity contribution in [1.29, 1.82) is 0 Å². The van der Waals surface area contributed by atoms with Gasteiger partial charge in [-0.1, -0.05) is 12.1 Å². The largest absolute Gasteiger partial charge is 0.354 e. The van der Waals surface area contributed by atoms with Gasteiger partial charge < -0.3 is 5.32 Å². The van der Waals surface area contributed by atoms with Crippen LogP contribution in [0.25, 0.3) is 0 Å². The van der Waals surface area contributed by atoms with Crippen molar-refractivity contribution in [1.82, 2.24) is 9.62 Å². The van der Waals surface area contributed by atoms with Crippen LogP contribution in [0.5, 0.6) is 0 Å². The third-order valence-corrected chi connectivity index (χ3v) is 7.74. The Hall–Kier alpha value is -2.34. The van der Waals surface area contributed by atoms with Crippen molar-refractivity contribution >= 4 is 26.0 Å². The molecule has 1 aliphatic rings. The number of amides is 1. The number of hydrogen-bond acceptors (Lipinski definition) is 5. The van der Waals surface area contributed by atoms with E-state index in [1.165, 1.54) is 24.3 Å². The summed E-state index contributed by atoms with van der Waals surface area (Å²) in [5, 5.41) is 7.79. The van der Waals surface area contributed by atoms with Gasteiger partial charge in [-0.15, -0.1) is 0 Å². The molecule has 0 saturated carbocycles. The lowest BCUT2D eigenvalue weighted by Gasteiger charge is -2.23. The van der Waals surface area contributed by atoms with Crippen LogP contribution in [0.3, 0.4) is 0 Å². The summed E-state index contributed by atoms with van der Waals surface area (Å²) in [6.45, 7) is 0.474. The molecular formula is C19H22FN3O5S2. The Labute approximate surface area is 175 Å². The lowest BCUT2D eigenvalue weighted by atomic mass is 10.1. The van der Waals surface area contributed by atoms with Crippen LogP contribution < -0.4 is 10.5 Å². The van der Waals surface area contributed by atoms with E-state index < -0.39 is 37.8 Å². The Bertz CT molecular complexity index is 1120. The highest BCUT2D eigenvalue weighted by molar-refractivity contribution is 7.89. The van der Waals surface area contributed by atoms with Crippen LogP contribution in [0.1, 0.15) is 18.4 Å². The fraction of sp³-hybridized carbons (Fsp3) is 0.316. The first-order valence-electron chi connectivity index (χ1n) is 9.26. The summed E-state index contributed by atoms with van der Waals surface area (Å²) in [4.78, 5) is 12.5. The summed E-state index contributed by atoms with van der Waals surface area (Å²) in [5.74, 6) is -0.943. The zero-order valence-electron chi connectivity index (χ0n) is 16.0. The summed E-state index contributed by atoms with van der Waals surface area (Å²) < 4.78 is 62.5. The highest BCUT2D eigenvalue weighted by Gasteiger charge is 2.39. The van der Waals surface area contributed by atoms with Crippen LogP contribution in [-0.2, 0) is 31.3 Å². The predicted octanol–water partition coefficient (Wildman–Crippen LogP) is 0.985. The van der Waals surface area contributed by atoms with Crippen LogP contribution in [0.4, 0.5) is 4.39 Å². The number of nitrogens with two attached hydrogens (primary N) is 1. The van der Waals surface area contributed by atoms with Gasteiger partial charge in [-0.2, -0.15) is 4.31 Å². The molecule has 3 rings (SSSR count). The average Bonchev–Trinajstić information content (AvgIpc) is 3.19. The molecule has 2 aromatic rings. The number of carbonyl (C=O) groups excluding carboxylic acids is 1. The molecule has 1 unspecified atom stereocenters. The lowest BCUT2D eigenvalue weighted by Crippen LogP contribution is -2.46. The van der Waals surface area contributed by atoms with Gasteiger partial charge in [0.2, 0.25) is 26.0 Å². The van der Waals surface area contributed by atoms with E-state index in [9.17, 15) is 26.0 Å². The fourth-order valence-electron chi connectivity index (χ4n) is 3.33. The molecule has 3 N–H and O–H groups in total. The van der Waals surface area contributed by atoms with Gasteiger partial charge in [-0.25, -0.2) is 26.4 Å². The molecule has 2 aromatic carbocycles.